The van der Waals surface area contributed by atoms with Crippen molar-refractivity contribution in [1.82, 2.24) is 25.1 Å². The molecule has 8 heteroatoms. The number of rotatable bonds is 6. The second-order valence-electron chi connectivity index (χ2n) is 6.87. The fourth-order valence-electron chi connectivity index (χ4n) is 3.00. The van der Waals surface area contributed by atoms with Gasteiger partial charge in [-0.3, -0.25) is 9.59 Å². The molecule has 1 aromatic carbocycles. The highest BCUT2D eigenvalue weighted by Crippen LogP contribution is 2.37. The molecule has 2 N–H and O–H groups in total. The summed E-state index contributed by atoms with van der Waals surface area (Å²) in [6.07, 6.45) is 6.91. The van der Waals surface area contributed by atoms with Crippen LogP contribution in [0.2, 0.25) is 0 Å². The second-order valence-corrected chi connectivity index (χ2v) is 6.87. The van der Waals surface area contributed by atoms with Gasteiger partial charge < -0.3 is 15.0 Å². The van der Waals surface area contributed by atoms with E-state index >= 15 is 0 Å². The number of H-pyrrole nitrogens is 1. The number of carbonyl (C=O) groups excluding carboxylic acids is 1. The summed E-state index contributed by atoms with van der Waals surface area (Å²) in [5.74, 6) is 1.22. The van der Waals surface area contributed by atoms with E-state index in [4.69, 9.17) is 4.74 Å². The Morgan fingerprint density at radius 2 is 2.11 bits per heavy atom. The molecule has 3 aromatic rings. The number of hydrogen-bond donors (Lipinski definition) is 2. The molecule has 2 heterocycles. The van der Waals surface area contributed by atoms with Crippen molar-refractivity contribution in [2.45, 2.75) is 31.7 Å². The highest BCUT2D eigenvalue weighted by Gasteiger charge is 2.27. The molecule has 2 aromatic heterocycles. The fourth-order valence-corrected chi connectivity index (χ4v) is 3.00. The van der Waals surface area contributed by atoms with Gasteiger partial charge in [0.25, 0.3) is 11.5 Å². The summed E-state index contributed by atoms with van der Waals surface area (Å²) >= 11 is 0. The summed E-state index contributed by atoms with van der Waals surface area (Å²) in [6.45, 7) is 1.83. The molecule has 0 saturated heterocycles. The van der Waals surface area contributed by atoms with Crippen LogP contribution < -0.4 is 15.6 Å². The Kier molecular flexibility index (Phi) is 4.68. The van der Waals surface area contributed by atoms with Crippen molar-refractivity contribution in [3.63, 3.8) is 0 Å². The predicted octanol–water partition coefficient (Wildman–Crippen LogP) is 2.33. The third-order valence-corrected chi connectivity index (χ3v) is 4.81. The molecule has 0 aliphatic heterocycles. The molecular formula is C20H21N5O3. The van der Waals surface area contributed by atoms with Crippen molar-refractivity contribution in [2.24, 2.45) is 0 Å². The maximum atomic E-state index is 12.5. The van der Waals surface area contributed by atoms with Crippen LogP contribution in [0.25, 0.3) is 5.69 Å². The summed E-state index contributed by atoms with van der Waals surface area (Å²) in [7, 11) is 1.60. The maximum Gasteiger partial charge on any atom is 0.263 e. The molecule has 144 valence electrons. The lowest BCUT2D eigenvalue weighted by Crippen LogP contribution is -2.32. The Labute approximate surface area is 161 Å². The van der Waals surface area contributed by atoms with Gasteiger partial charge >= 0.3 is 0 Å². The average molecular weight is 379 g/mol. The van der Waals surface area contributed by atoms with Crippen LogP contribution in [0, 0.1) is 0 Å². The number of amides is 1. The molecule has 1 amide bonds. The first-order chi connectivity index (χ1) is 13.6. The van der Waals surface area contributed by atoms with E-state index in [-0.39, 0.29) is 11.6 Å². The molecule has 1 saturated carbocycles. The smallest absolute Gasteiger partial charge is 0.263 e. The molecule has 0 radical (unpaired) electrons. The van der Waals surface area contributed by atoms with Gasteiger partial charge in [0.05, 0.1) is 19.3 Å². The fraction of sp³-hybridized carbons (Fsp3) is 0.300. The number of carbonyl (C=O) groups is 1. The zero-order valence-corrected chi connectivity index (χ0v) is 15.7. The monoisotopic (exact) mass is 379 g/mol. The number of nitrogens with one attached hydrogen (secondary N) is 2. The van der Waals surface area contributed by atoms with Crippen LogP contribution in [0.1, 0.15) is 53.5 Å². The highest BCUT2D eigenvalue weighted by molar-refractivity contribution is 5.93. The lowest BCUT2D eigenvalue weighted by Gasteiger charge is -2.12. The van der Waals surface area contributed by atoms with Crippen LogP contribution in [-0.4, -0.2) is 32.8 Å². The van der Waals surface area contributed by atoms with E-state index in [1.165, 1.54) is 6.20 Å². The van der Waals surface area contributed by atoms with Gasteiger partial charge in [-0.2, -0.15) is 5.10 Å². The molecule has 1 aliphatic carbocycles. The molecule has 0 spiro atoms. The highest BCUT2D eigenvalue weighted by atomic mass is 16.5. The van der Waals surface area contributed by atoms with Crippen LogP contribution in [0.15, 0.2) is 47.7 Å². The zero-order valence-electron chi connectivity index (χ0n) is 15.7. The number of ether oxygens (including phenoxy) is 1. The standard InChI is InChI=1S/C20H21N5O3/c1-12(14-9-22-25(11-14)16-5-3-4-6-17(16)28-2)23-19(26)15-10-21-18(13-7-8-13)24-20(15)27/h3-6,9-13H,7-8H2,1-2H3,(H,23,26)(H,21,24,27)/t12-/m0/s1. The topological polar surface area (TPSA) is 102 Å². The molecular weight excluding hydrogens is 358 g/mol. The normalized spacial score (nSPS) is 14.5. The SMILES string of the molecule is COc1ccccc1-n1cc([C@H](C)NC(=O)c2cnc(C3CC3)[nH]c2=O)cn1. The van der Waals surface area contributed by atoms with Crippen molar-refractivity contribution >= 4 is 5.91 Å². The van der Waals surface area contributed by atoms with E-state index in [1.54, 1.807) is 18.0 Å². The Morgan fingerprint density at radius 1 is 1.32 bits per heavy atom. The first-order valence-electron chi connectivity index (χ1n) is 9.15. The predicted molar refractivity (Wildman–Crippen MR) is 103 cm³/mol. The molecule has 1 aliphatic rings. The molecule has 1 atom stereocenters. The Balaban J connectivity index is 1.49. The van der Waals surface area contributed by atoms with E-state index in [2.05, 4.69) is 20.4 Å². The summed E-state index contributed by atoms with van der Waals surface area (Å²) in [4.78, 5) is 31.6. The molecule has 28 heavy (non-hydrogen) atoms. The third kappa shape index (κ3) is 3.53. The van der Waals surface area contributed by atoms with Gasteiger partial charge in [0.1, 0.15) is 22.8 Å². The van der Waals surface area contributed by atoms with Gasteiger partial charge in [0, 0.05) is 23.9 Å². The van der Waals surface area contributed by atoms with E-state index in [1.807, 2.05) is 37.4 Å². The minimum atomic E-state index is -0.464. The number of hydrogen-bond acceptors (Lipinski definition) is 5. The minimum Gasteiger partial charge on any atom is -0.494 e. The Morgan fingerprint density at radius 3 is 2.82 bits per heavy atom. The molecule has 4 rings (SSSR count). The lowest BCUT2D eigenvalue weighted by atomic mass is 10.2. The van der Waals surface area contributed by atoms with Gasteiger partial charge in [-0.1, -0.05) is 12.1 Å². The van der Waals surface area contributed by atoms with Crippen LogP contribution in [0.4, 0.5) is 0 Å². The minimum absolute atomic E-state index is 0.00775. The quantitative estimate of drug-likeness (QED) is 0.684. The molecule has 8 nitrogen and oxygen atoms in total. The van der Waals surface area contributed by atoms with Crippen molar-refractivity contribution in [1.29, 1.82) is 0 Å². The Bertz CT molecular complexity index is 1070. The summed E-state index contributed by atoms with van der Waals surface area (Å²) in [5, 5.41) is 7.18. The number of aromatic nitrogens is 4. The maximum absolute atomic E-state index is 12.5. The van der Waals surface area contributed by atoms with Crippen molar-refractivity contribution in [2.75, 3.05) is 7.11 Å². The number of nitrogens with zero attached hydrogens (tertiary/aromatic N) is 3. The number of para-hydroxylation sites is 2. The summed E-state index contributed by atoms with van der Waals surface area (Å²) in [5.41, 5.74) is 1.20. The Hall–Kier alpha value is -3.42. The average Bonchev–Trinajstić information content (AvgIpc) is 3.44. The lowest BCUT2D eigenvalue weighted by molar-refractivity contribution is 0.0938. The summed E-state index contributed by atoms with van der Waals surface area (Å²) < 4.78 is 7.05. The molecule has 1 fully saturated rings. The van der Waals surface area contributed by atoms with Crippen LogP contribution in [0.5, 0.6) is 5.75 Å². The summed E-state index contributed by atoms with van der Waals surface area (Å²) in [6, 6.07) is 7.20. The van der Waals surface area contributed by atoms with Crippen molar-refractivity contribution in [3.8, 4) is 11.4 Å². The van der Waals surface area contributed by atoms with Crippen molar-refractivity contribution < 1.29 is 9.53 Å². The van der Waals surface area contributed by atoms with Gasteiger partial charge in [-0.15, -0.1) is 0 Å². The first-order valence-corrected chi connectivity index (χ1v) is 9.15. The van der Waals surface area contributed by atoms with Gasteiger partial charge in [0.15, 0.2) is 0 Å². The van der Waals surface area contributed by atoms with E-state index in [0.717, 1.165) is 24.1 Å². The van der Waals surface area contributed by atoms with E-state index in [0.29, 0.717) is 17.5 Å². The van der Waals surface area contributed by atoms with Crippen LogP contribution in [0.3, 0.4) is 0 Å². The van der Waals surface area contributed by atoms with Gasteiger partial charge in [-0.05, 0) is 31.9 Å². The van der Waals surface area contributed by atoms with Gasteiger partial charge in [0.2, 0.25) is 0 Å². The second kappa shape index (κ2) is 7.30. The van der Waals surface area contributed by atoms with Gasteiger partial charge in [-0.25, -0.2) is 9.67 Å². The van der Waals surface area contributed by atoms with E-state index in [9.17, 15) is 9.59 Å². The van der Waals surface area contributed by atoms with E-state index < -0.39 is 11.5 Å². The zero-order chi connectivity index (χ0) is 19.7. The first kappa shape index (κ1) is 18.0. The molecule has 0 bridgehead atoms. The largest absolute Gasteiger partial charge is 0.494 e. The number of methoxy groups -OCH3 is 1. The molecule has 0 unspecified atom stereocenters. The van der Waals surface area contributed by atoms with Crippen molar-refractivity contribution in [3.05, 3.63) is 70.2 Å². The number of aromatic amines is 1. The van der Waals surface area contributed by atoms with Crippen LogP contribution in [-0.2, 0) is 0 Å². The van der Waals surface area contributed by atoms with Crippen LogP contribution >= 0.6 is 0 Å². The number of benzene rings is 1. The third-order valence-electron chi connectivity index (χ3n) is 4.81.